The molecule has 31 heavy (non-hydrogen) atoms. The van der Waals surface area contributed by atoms with E-state index in [2.05, 4.69) is 37.5 Å². The Bertz CT molecular complexity index is 715. The highest BCUT2D eigenvalue weighted by atomic mass is 33.1. The molecule has 0 unspecified atom stereocenters. The lowest BCUT2D eigenvalue weighted by molar-refractivity contribution is -0.142. The third-order valence-electron chi connectivity index (χ3n) is 4.33. The van der Waals surface area contributed by atoms with E-state index in [1.807, 2.05) is 0 Å². The second-order valence-electron chi connectivity index (χ2n) is 6.77. The monoisotopic (exact) mass is 507 g/mol. The number of benzene rings is 1. The summed E-state index contributed by atoms with van der Waals surface area (Å²) in [6.45, 7) is 13.7. The summed E-state index contributed by atoms with van der Waals surface area (Å²) in [7, 11) is 3.18. The van der Waals surface area contributed by atoms with E-state index in [1.165, 1.54) is 25.1 Å². The summed E-state index contributed by atoms with van der Waals surface area (Å²) in [6, 6.07) is 4.11. The van der Waals surface area contributed by atoms with E-state index in [1.54, 1.807) is 21.6 Å². The van der Waals surface area contributed by atoms with Crippen molar-refractivity contribution in [1.29, 1.82) is 0 Å². The number of hydrogen-bond acceptors (Lipinski definition) is 8. The van der Waals surface area contributed by atoms with Crippen LogP contribution < -0.4 is 5.73 Å². The normalized spacial score (nSPS) is 12.2. The van der Waals surface area contributed by atoms with Gasteiger partial charge in [0.1, 0.15) is 14.2 Å². The number of aromatic hydroxyl groups is 2. The minimum Gasteiger partial charge on any atom is -0.504 e. The van der Waals surface area contributed by atoms with Crippen molar-refractivity contribution in [2.45, 2.75) is 46.6 Å². The van der Waals surface area contributed by atoms with Crippen LogP contribution in [0.3, 0.4) is 0 Å². The molecule has 0 spiro atoms. The van der Waals surface area contributed by atoms with E-state index in [0.717, 1.165) is 34.8 Å². The zero-order valence-corrected chi connectivity index (χ0v) is 21.9. The Balaban J connectivity index is 0.000000581. The first-order valence-corrected chi connectivity index (χ1v) is 12.8. The summed E-state index contributed by atoms with van der Waals surface area (Å²) in [6.07, 6.45) is 0.0795. The number of rotatable bonds is 7. The molecule has 0 amide bonds. The molecule has 5 N–H and O–H groups in total. The fraction of sp³-hybridized carbons (Fsp3) is 0.550. The third-order valence-corrected chi connectivity index (χ3v) is 8.06. The maximum absolute atomic E-state index is 10.7. The van der Waals surface area contributed by atoms with Crippen LogP contribution >= 0.6 is 46.0 Å². The Morgan fingerprint density at radius 1 is 0.968 bits per heavy atom. The fourth-order valence-corrected chi connectivity index (χ4v) is 5.38. The second-order valence-corrected chi connectivity index (χ2v) is 10.2. The number of phenols is 2. The van der Waals surface area contributed by atoms with E-state index in [9.17, 15) is 9.90 Å². The summed E-state index contributed by atoms with van der Waals surface area (Å²) in [5.74, 6) is -1.64. The van der Waals surface area contributed by atoms with Gasteiger partial charge in [0, 0.05) is 32.6 Å². The lowest BCUT2D eigenvalue weighted by atomic mass is 9.94. The molecule has 0 aliphatic rings. The van der Waals surface area contributed by atoms with Gasteiger partial charge >= 0.3 is 5.97 Å². The average Bonchev–Trinajstić information content (AvgIpc) is 2.71. The molecule has 1 aromatic carbocycles. The summed E-state index contributed by atoms with van der Waals surface area (Å²) in [4.78, 5) is 15.1. The Morgan fingerprint density at radius 2 is 1.39 bits per heavy atom. The molecular weight excluding hydrogens is 475 g/mol. The number of carboxylic acid groups (broad SMARTS) is 1. The van der Waals surface area contributed by atoms with Crippen LogP contribution in [0, 0.1) is 0 Å². The van der Waals surface area contributed by atoms with Crippen LogP contribution in [0.15, 0.2) is 18.2 Å². The third kappa shape index (κ3) is 10.7. The highest BCUT2D eigenvalue weighted by Gasteiger charge is 2.28. The molecule has 0 bridgehead atoms. The zero-order valence-electron chi connectivity index (χ0n) is 18.6. The van der Waals surface area contributed by atoms with E-state index in [0.29, 0.717) is 5.56 Å². The second kappa shape index (κ2) is 14.7. The van der Waals surface area contributed by atoms with Gasteiger partial charge in [0.2, 0.25) is 0 Å². The lowest BCUT2D eigenvalue weighted by Crippen LogP contribution is -2.46. The maximum atomic E-state index is 10.7. The summed E-state index contributed by atoms with van der Waals surface area (Å²) in [5.41, 5.74) is 4.70. The van der Waals surface area contributed by atoms with Crippen LogP contribution in [0.2, 0.25) is 0 Å². The van der Waals surface area contributed by atoms with Crippen molar-refractivity contribution in [2.75, 3.05) is 26.2 Å². The highest BCUT2D eigenvalue weighted by Crippen LogP contribution is 2.28. The number of carboxylic acids is 1. The molecule has 0 saturated heterocycles. The SMILES string of the molecule is CCN(CC)C(=S)SSC(=S)N(CC)CC.C[C@](N)(Cc1ccc(O)c(O)c1)C(=O)O. The number of aliphatic carboxylic acids is 1. The minimum atomic E-state index is -1.39. The van der Waals surface area contributed by atoms with Gasteiger partial charge in [-0.3, -0.25) is 4.79 Å². The topological polar surface area (TPSA) is 110 Å². The predicted octanol–water partition coefficient (Wildman–Crippen LogP) is 4.06. The first-order valence-electron chi connectivity index (χ1n) is 9.88. The molecule has 176 valence electrons. The van der Waals surface area contributed by atoms with Crippen LogP contribution in [0.25, 0.3) is 0 Å². The molecule has 7 nitrogen and oxygen atoms in total. The van der Waals surface area contributed by atoms with Crippen LogP contribution in [-0.2, 0) is 11.2 Å². The number of nitrogens with two attached hydrogens (primary N) is 1. The smallest absolute Gasteiger partial charge is 0.323 e. The van der Waals surface area contributed by atoms with Gasteiger partial charge < -0.3 is 30.9 Å². The molecule has 0 aliphatic heterocycles. The summed E-state index contributed by atoms with van der Waals surface area (Å²) in [5, 5.41) is 27.0. The molecule has 0 aromatic heterocycles. The van der Waals surface area contributed by atoms with Gasteiger partial charge in [0.15, 0.2) is 11.5 Å². The van der Waals surface area contributed by atoms with Gasteiger partial charge in [0.05, 0.1) is 0 Å². The van der Waals surface area contributed by atoms with E-state index >= 15 is 0 Å². The Hall–Kier alpha value is -1.27. The van der Waals surface area contributed by atoms with Crippen molar-refractivity contribution >= 4 is 60.6 Å². The van der Waals surface area contributed by atoms with Crippen molar-refractivity contribution in [2.24, 2.45) is 5.73 Å². The molecule has 0 fully saturated rings. The first-order chi connectivity index (χ1) is 14.4. The van der Waals surface area contributed by atoms with Crippen molar-refractivity contribution in [3.63, 3.8) is 0 Å². The van der Waals surface area contributed by atoms with Gasteiger partial charge in [-0.2, -0.15) is 0 Å². The van der Waals surface area contributed by atoms with E-state index in [-0.39, 0.29) is 17.9 Å². The van der Waals surface area contributed by atoms with Crippen molar-refractivity contribution in [3.8, 4) is 11.5 Å². The van der Waals surface area contributed by atoms with Gasteiger partial charge in [-0.05, 0) is 73.9 Å². The molecule has 1 atom stereocenters. The van der Waals surface area contributed by atoms with Gasteiger partial charge in [-0.25, -0.2) is 0 Å². The molecule has 1 rings (SSSR count). The molecule has 0 radical (unpaired) electrons. The molecule has 1 aromatic rings. The van der Waals surface area contributed by atoms with Crippen molar-refractivity contribution in [1.82, 2.24) is 9.80 Å². The largest absolute Gasteiger partial charge is 0.504 e. The van der Waals surface area contributed by atoms with Crippen LogP contribution in [0.4, 0.5) is 0 Å². The van der Waals surface area contributed by atoms with Gasteiger partial charge in [-0.1, -0.05) is 30.5 Å². The van der Waals surface area contributed by atoms with E-state index in [4.69, 9.17) is 40.4 Å². The summed E-state index contributed by atoms with van der Waals surface area (Å²) < 4.78 is 1.84. The molecule has 0 heterocycles. The quantitative estimate of drug-likeness (QED) is 0.243. The minimum absolute atomic E-state index is 0.0795. The molecule has 11 heteroatoms. The standard InChI is InChI=1S/C10H20N2S4.C10H13NO4/c1-5-11(6-2)9(13)15-16-10(14)12(7-3)8-4;1-10(11,9(14)15)5-6-2-3-7(12)8(13)4-6/h5-8H2,1-4H3;2-4,12-13H,5,11H2,1H3,(H,14,15)/t;10-/m.0/s1. The number of nitrogens with zero attached hydrogens (tertiary/aromatic N) is 2. The number of phenolic OH excluding ortho intramolecular Hbond substituents is 2. The Morgan fingerprint density at radius 3 is 1.71 bits per heavy atom. The Kier molecular flexibility index (Phi) is 14.1. The van der Waals surface area contributed by atoms with Crippen molar-refractivity contribution in [3.05, 3.63) is 23.8 Å². The summed E-state index contributed by atoms with van der Waals surface area (Å²) >= 11 is 10.7. The van der Waals surface area contributed by atoms with Gasteiger partial charge in [-0.15, -0.1) is 0 Å². The van der Waals surface area contributed by atoms with E-state index < -0.39 is 11.5 Å². The fourth-order valence-electron chi connectivity index (χ4n) is 2.32. The lowest BCUT2D eigenvalue weighted by Gasteiger charge is -2.23. The predicted molar refractivity (Wildman–Crippen MR) is 140 cm³/mol. The van der Waals surface area contributed by atoms with Crippen molar-refractivity contribution < 1.29 is 20.1 Å². The number of carbonyl (C=O) groups is 1. The highest BCUT2D eigenvalue weighted by molar-refractivity contribution is 8.89. The number of thiocarbonyl (C=S) groups is 2. The number of hydrogen-bond donors (Lipinski definition) is 4. The van der Waals surface area contributed by atoms with Crippen LogP contribution in [0.5, 0.6) is 11.5 Å². The van der Waals surface area contributed by atoms with Crippen LogP contribution in [0.1, 0.15) is 40.2 Å². The Labute approximate surface area is 203 Å². The molecule has 0 aliphatic carbocycles. The maximum Gasteiger partial charge on any atom is 0.323 e. The molecule has 0 saturated carbocycles. The molecular formula is C20H33N3O4S4. The first kappa shape index (κ1) is 29.7. The van der Waals surface area contributed by atoms with Gasteiger partial charge in [0.25, 0.3) is 0 Å². The zero-order chi connectivity index (χ0) is 24.2. The average molecular weight is 508 g/mol. The van der Waals surface area contributed by atoms with Crippen LogP contribution in [-0.4, -0.2) is 71.4 Å².